The first kappa shape index (κ1) is 19.7. The average molecular weight is 406 g/mol. The zero-order valence-corrected chi connectivity index (χ0v) is 16.4. The molecule has 3 aromatic rings. The van der Waals surface area contributed by atoms with Crippen LogP contribution in [0.2, 0.25) is 0 Å². The van der Waals surface area contributed by atoms with Crippen molar-refractivity contribution in [2.75, 3.05) is 37.7 Å². The maximum Gasteiger partial charge on any atom is 0.271 e. The van der Waals surface area contributed by atoms with Gasteiger partial charge in [0, 0.05) is 31.3 Å². The molecular formula is C21H22N6O3. The van der Waals surface area contributed by atoms with E-state index < -0.39 is 0 Å². The average Bonchev–Trinajstić information content (AvgIpc) is 2.81. The molecule has 1 aromatic carbocycles. The van der Waals surface area contributed by atoms with E-state index in [-0.39, 0.29) is 30.2 Å². The third-order valence-corrected chi connectivity index (χ3v) is 4.76. The highest BCUT2D eigenvalue weighted by molar-refractivity contribution is 5.92. The van der Waals surface area contributed by atoms with E-state index in [0.29, 0.717) is 18.9 Å². The molecule has 30 heavy (non-hydrogen) atoms. The van der Waals surface area contributed by atoms with Crippen molar-refractivity contribution in [3.8, 4) is 11.3 Å². The fourth-order valence-electron chi connectivity index (χ4n) is 3.15. The minimum Gasteiger partial charge on any atom is -0.378 e. The quantitative estimate of drug-likeness (QED) is 0.651. The van der Waals surface area contributed by atoms with Crippen molar-refractivity contribution in [1.29, 1.82) is 0 Å². The maximum absolute atomic E-state index is 12.3. The van der Waals surface area contributed by atoms with Crippen LogP contribution in [0.15, 0.2) is 59.4 Å². The van der Waals surface area contributed by atoms with Gasteiger partial charge in [-0.05, 0) is 18.2 Å². The Bertz CT molecular complexity index is 1050. The lowest BCUT2D eigenvalue weighted by molar-refractivity contribution is 0.0945. The van der Waals surface area contributed by atoms with Crippen LogP contribution in [0.4, 0.5) is 5.82 Å². The van der Waals surface area contributed by atoms with Gasteiger partial charge in [-0.1, -0.05) is 30.3 Å². The van der Waals surface area contributed by atoms with Gasteiger partial charge < -0.3 is 15.0 Å². The largest absolute Gasteiger partial charge is 0.378 e. The van der Waals surface area contributed by atoms with Gasteiger partial charge in [-0.2, -0.15) is 5.10 Å². The van der Waals surface area contributed by atoms with Gasteiger partial charge in [-0.25, -0.2) is 4.68 Å². The smallest absolute Gasteiger partial charge is 0.271 e. The molecule has 1 amide bonds. The number of nitrogens with zero attached hydrogens (tertiary/aromatic N) is 5. The van der Waals surface area contributed by atoms with Gasteiger partial charge in [0.25, 0.3) is 11.5 Å². The van der Waals surface area contributed by atoms with Crippen molar-refractivity contribution < 1.29 is 9.53 Å². The summed E-state index contributed by atoms with van der Waals surface area (Å²) in [6.07, 6.45) is 0. The molecule has 0 radical (unpaired) electrons. The standard InChI is InChI=1S/C21H22N6O3/c28-20-9-7-17(16-4-2-1-3-5-16)25-27(20)11-10-22-21(29)18-6-8-19(24-23-18)26-12-14-30-15-13-26/h1-9H,10-15H2,(H,22,29). The van der Waals surface area contributed by atoms with E-state index in [9.17, 15) is 9.59 Å². The van der Waals surface area contributed by atoms with Gasteiger partial charge in [0.15, 0.2) is 11.5 Å². The summed E-state index contributed by atoms with van der Waals surface area (Å²) in [7, 11) is 0. The number of hydrogen-bond acceptors (Lipinski definition) is 7. The van der Waals surface area contributed by atoms with Gasteiger partial charge in [0.1, 0.15) is 0 Å². The van der Waals surface area contributed by atoms with Crippen molar-refractivity contribution >= 4 is 11.7 Å². The molecule has 9 heteroatoms. The lowest BCUT2D eigenvalue weighted by Gasteiger charge is -2.27. The maximum atomic E-state index is 12.3. The van der Waals surface area contributed by atoms with Crippen LogP contribution in [-0.4, -0.2) is 58.7 Å². The highest BCUT2D eigenvalue weighted by atomic mass is 16.5. The molecule has 154 valence electrons. The molecule has 0 bridgehead atoms. The molecule has 0 spiro atoms. The summed E-state index contributed by atoms with van der Waals surface area (Å²) in [4.78, 5) is 26.5. The van der Waals surface area contributed by atoms with E-state index in [2.05, 4.69) is 25.5 Å². The third kappa shape index (κ3) is 4.69. The molecule has 1 saturated heterocycles. The normalized spacial score (nSPS) is 13.8. The number of aromatic nitrogens is 4. The Balaban J connectivity index is 1.35. The van der Waals surface area contributed by atoms with Crippen LogP contribution in [0.5, 0.6) is 0 Å². The van der Waals surface area contributed by atoms with E-state index in [1.807, 2.05) is 30.3 Å². The van der Waals surface area contributed by atoms with Gasteiger partial charge in [0.2, 0.25) is 0 Å². The number of carbonyl (C=O) groups is 1. The van der Waals surface area contributed by atoms with Crippen LogP contribution in [0.25, 0.3) is 11.3 Å². The predicted molar refractivity (Wildman–Crippen MR) is 111 cm³/mol. The second-order valence-electron chi connectivity index (χ2n) is 6.78. The molecule has 0 saturated carbocycles. The monoisotopic (exact) mass is 406 g/mol. The molecule has 0 unspecified atom stereocenters. The Labute approximate surface area is 173 Å². The molecule has 1 N–H and O–H groups in total. The minimum absolute atomic E-state index is 0.224. The molecule has 1 aliphatic heterocycles. The lowest BCUT2D eigenvalue weighted by Crippen LogP contribution is -2.37. The first-order chi connectivity index (χ1) is 14.7. The van der Waals surface area contributed by atoms with Crippen LogP contribution in [0, 0.1) is 0 Å². The number of nitrogens with one attached hydrogen (secondary N) is 1. The number of amides is 1. The highest BCUT2D eigenvalue weighted by Gasteiger charge is 2.14. The van der Waals surface area contributed by atoms with Crippen molar-refractivity contribution in [3.05, 3.63) is 70.6 Å². The summed E-state index contributed by atoms with van der Waals surface area (Å²) >= 11 is 0. The van der Waals surface area contributed by atoms with Gasteiger partial charge in [-0.3, -0.25) is 9.59 Å². The number of anilines is 1. The van der Waals surface area contributed by atoms with Crippen molar-refractivity contribution in [1.82, 2.24) is 25.3 Å². The summed E-state index contributed by atoms with van der Waals surface area (Å²) < 4.78 is 6.66. The lowest BCUT2D eigenvalue weighted by atomic mass is 10.1. The second-order valence-corrected chi connectivity index (χ2v) is 6.78. The summed E-state index contributed by atoms with van der Waals surface area (Å²) in [5.41, 5.74) is 1.63. The van der Waals surface area contributed by atoms with E-state index >= 15 is 0 Å². The summed E-state index contributed by atoms with van der Waals surface area (Å²) in [6.45, 7) is 3.32. The zero-order chi connectivity index (χ0) is 20.8. The highest BCUT2D eigenvalue weighted by Crippen LogP contribution is 2.14. The molecular weight excluding hydrogens is 384 g/mol. The molecule has 3 heterocycles. The van der Waals surface area contributed by atoms with Crippen LogP contribution < -0.4 is 15.8 Å². The number of rotatable bonds is 6. The first-order valence-electron chi connectivity index (χ1n) is 9.79. The second kappa shape index (κ2) is 9.27. The van der Waals surface area contributed by atoms with Crippen LogP contribution >= 0.6 is 0 Å². The molecule has 0 atom stereocenters. The van der Waals surface area contributed by atoms with E-state index in [0.717, 1.165) is 24.5 Å². The predicted octanol–water partition coefficient (Wildman–Crippen LogP) is 0.967. The van der Waals surface area contributed by atoms with Crippen LogP contribution in [0.3, 0.4) is 0 Å². The molecule has 0 aliphatic carbocycles. The number of carbonyl (C=O) groups excluding carboxylic acids is 1. The fraction of sp³-hybridized carbons (Fsp3) is 0.286. The Kier molecular flexibility index (Phi) is 6.09. The van der Waals surface area contributed by atoms with Crippen molar-refractivity contribution in [2.45, 2.75) is 6.54 Å². The Morgan fingerprint density at radius 2 is 1.80 bits per heavy atom. The fourth-order valence-corrected chi connectivity index (χ4v) is 3.15. The van der Waals surface area contributed by atoms with Gasteiger partial charge >= 0.3 is 0 Å². The van der Waals surface area contributed by atoms with Crippen molar-refractivity contribution in [2.24, 2.45) is 0 Å². The Morgan fingerprint density at radius 1 is 1.00 bits per heavy atom. The summed E-state index contributed by atoms with van der Waals surface area (Å²) in [5, 5.41) is 15.3. The van der Waals surface area contributed by atoms with Crippen LogP contribution in [0.1, 0.15) is 10.5 Å². The van der Waals surface area contributed by atoms with Gasteiger partial charge in [-0.15, -0.1) is 10.2 Å². The minimum atomic E-state index is -0.344. The first-order valence-corrected chi connectivity index (χ1v) is 9.79. The third-order valence-electron chi connectivity index (χ3n) is 4.76. The molecule has 1 fully saturated rings. The molecule has 4 rings (SSSR count). The summed E-state index contributed by atoms with van der Waals surface area (Å²) in [5.74, 6) is 0.381. The molecule has 2 aromatic heterocycles. The number of benzene rings is 1. The molecule has 1 aliphatic rings. The van der Waals surface area contributed by atoms with E-state index in [1.165, 1.54) is 10.7 Å². The summed E-state index contributed by atoms with van der Waals surface area (Å²) in [6, 6.07) is 16.2. The van der Waals surface area contributed by atoms with Crippen molar-refractivity contribution in [3.63, 3.8) is 0 Å². The number of ether oxygens (including phenoxy) is 1. The van der Waals surface area contributed by atoms with E-state index in [4.69, 9.17) is 4.74 Å². The zero-order valence-electron chi connectivity index (χ0n) is 16.4. The molecule has 9 nitrogen and oxygen atoms in total. The number of morpholine rings is 1. The van der Waals surface area contributed by atoms with E-state index in [1.54, 1.807) is 18.2 Å². The Morgan fingerprint density at radius 3 is 2.53 bits per heavy atom. The number of hydrogen-bond donors (Lipinski definition) is 1. The Hall–Kier alpha value is -3.59. The SMILES string of the molecule is O=C(NCCn1nc(-c2ccccc2)ccc1=O)c1ccc(N2CCOCC2)nn1. The van der Waals surface area contributed by atoms with Crippen LogP contribution in [-0.2, 0) is 11.3 Å². The van der Waals surface area contributed by atoms with Gasteiger partial charge in [0.05, 0.1) is 25.5 Å². The topological polar surface area (TPSA) is 102 Å².